The van der Waals surface area contributed by atoms with Crippen molar-refractivity contribution >= 4 is 23.2 Å². The van der Waals surface area contributed by atoms with E-state index in [9.17, 15) is 14.0 Å². The summed E-state index contributed by atoms with van der Waals surface area (Å²) in [6.07, 6.45) is 5.14. The number of benzene rings is 2. The molecule has 2 N–H and O–H groups in total. The first-order chi connectivity index (χ1) is 12.0. The molecule has 0 aliphatic carbocycles. The third kappa shape index (κ3) is 3.89. The van der Waals surface area contributed by atoms with Gasteiger partial charge in [0.1, 0.15) is 5.82 Å². The number of carbonyl (C=O) groups excluding carboxylic acids is 2. The Morgan fingerprint density at radius 2 is 1.84 bits per heavy atom. The van der Waals surface area contributed by atoms with E-state index >= 15 is 0 Å². The Labute approximate surface area is 143 Å². The summed E-state index contributed by atoms with van der Waals surface area (Å²) in [6.45, 7) is 1.28. The van der Waals surface area contributed by atoms with Crippen molar-refractivity contribution in [2.75, 3.05) is 10.6 Å². The number of halogens is 1. The van der Waals surface area contributed by atoms with Crippen molar-refractivity contribution < 1.29 is 14.0 Å². The van der Waals surface area contributed by atoms with Crippen LogP contribution in [-0.4, -0.2) is 21.4 Å². The molecule has 0 bridgehead atoms. The summed E-state index contributed by atoms with van der Waals surface area (Å²) >= 11 is 0. The molecule has 2 aromatic carbocycles. The number of anilines is 2. The highest BCUT2D eigenvalue weighted by Gasteiger charge is 2.10. The topological polar surface area (TPSA) is 76.0 Å². The molecule has 126 valence electrons. The van der Waals surface area contributed by atoms with Crippen LogP contribution in [0.15, 0.2) is 61.2 Å². The highest BCUT2D eigenvalue weighted by Crippen LogP contribution is 2.20. The van der Waals surface area contributed by atoms with Crippen LogP contribution < -0.4 is 10.6 Å². The van der Waals surface area contributed by atoms with Gasteiger partial charge in [0.05, 0.1) is 12.0 Å². The number of rotatable bonds is 4. The van der Waals surface area contributed by atoms with E-state index in [1.54, 1.807) is 43.0 Å². The quantitative estimate of drug-likeness (QED) is 0.767. The molecule has 0 unspecified atom stereocenters. The van der Waals surface area contributed by atoms with Crippen molar-refractivity contribution in [3.63, 3.8) is 0 Å². The normalized spacial score (nSPS) is 10.3. The van der Waals surface area contributed by atoms with E-state index in [-0.39, 0.29) is 11.6 Å². The molecular formula is C18H15FN4O2. The number of amides is 2. The molecule has 6 nitrogen and oxygen atoms in total. The predicted molar refractivity (Wildman–Crippen MR) is 92.2 cm³/mol. The number of aromatic nitrogens is 2. The number of nitrogens with one attached hydrogen (secondary N) is 2. The largest absolute Gasteiger partial charge is 0.324 e. The molecule has 0 fully saturated rings. The lowest BCUT2D eigenvalue weighted by Gasteiger charge is -2.09. The van der Waals surface area contributed by atoms with Gasteiger partial charge in [0.15, 0.2) is 0 Å². The monoisotopic (exact) mass is 338 g/mol. The molecule has 0 saturated heterocycles. The van der Waals surface area contributed by atoms with Crippen LogP contribution >= 0.6 is 0 Å². The van der Waals surface area contributed by atoms with E-state index in [0.717, 1.165) is 5.69 Å². The average Bonchev–Trinajstić information content (AvgIpc) is 3.12. The minimum absolute atomic E-state index is 0.0146. The van der Waals surface area contributed by atoms with Crippen LogP contribution in [-0.2, 0) is 4.79 Å². The maximum absolute atomic E-state index is 13.6. The van der Waals surface area contributed by atoms with Crippen LogP contribution in [0, 0.1) is 5.82 Å². The number of carbonyl (C=O) groups is 2. The molecule has 3 aromatic rings. The first-order valence-corrected chi connectivity index (χ1v) is 7.50. The maximum atomic E-state index is 13.6. The zero-order chi connectivity index (χ0) is 17.8. The Hall–Kier alpha value is -3.48. The average molecular weight is 338 g/mol. The molecule has 0 aliphatic heterocycles. The van der Waals surface area contributed by atoms with Gasteiger partial charge >= 0.3 is 0 Å². The van der Waals surface area contributed by atoms with Crippen LogP contribution in [0.25, 0.3) is 5.69 Å². The van der Waals surface area contributed by atoms with Gasteiger partial charge in [-0.25, -0.2) is 9.37 Å². The molecule has 1 aromatic heterocycles. The van der Waals surface area contributed by atoms with Gasteiger partial charge in [0.25, 0.3) is 5.91 Å². The minimum Gasteiger partial charge on any atom is -0.324 e. The predicted octanol–water partition coefficient (Wildman–Crippen LogP) is 3.22. The summed E-state index contributed by atoms with van der Waals surface area (Å²) < 4.78 is 15.5. The highest BCUT2D eigenvalue weighted by atomic mass is 19.1. The van der Waals surface area contributed by atoms with Gasteiger partial charge in [-0.1, -0.05) is 0 Å². The zero-order valence-electron chi connectivity index (χ0n) is 13.4. The van der Waals surface area contributed by atoms with Crippen LogP contribution in [0.2, 0.25) is 0 Å². The first-order valence-electron chi connectivity index (χ1n) is 7.50. The highest BCUT2D eigenvalue weighted by molar-refractivity contribution is 6.04. The molecule has 3 rings (SSSR count). The minimum atomic E-state index is -0.571. The Balaban J connectivity index is 1.75. The molecule has 7 heteroatoms. The van der Waals surface area contributed by atoms with Crippen LogP contribution in [0.4, 0.5) is 15.8 Å². The van der Waals surface area contributed by atoms with Crippen LogP contribution in [0.1, 0.15) is 17.3 Å². The molecule has 25 heavy (non-hydrogen) atoms. The standard InChI is InChI=1S/C18H15FN4O2/c1-12(24)21-17-10-14(4-7-16(17)19)22-18(25)13-2-5-15(6-3-13)23-9-8-20-11-23/h2-11H,1H3,(H,21,24)(H,22,25). The van der Waals surface area contributed by atoms with E-state index in [4.69, 9.17) is 0 Å². The summed E-state index contributed by atoms with van der Waals surface area (Å²) in [4.78, 5) is 27.4. The fourth-order valence-corrected chi connectivity index (χ4v) is 2.29. The van der Waals surface area contributed by atoms with Gasteiger partial charge in [-0.05, 0) is 42.5 Å². The van der Waals surface area contributed by atoms with Gasteiger partial charge in [-0.15, -0.1) is 0 Å². The smallest absolute Gasteiger partial charge is 0.255 e. The lowest BCUT2D eigenvalue weighted by Crippen LogP contribution is -2.13. The molecule has 0 spiro atoms. The number of nitrogens with zero attached hydrogens (tertiary/aromatic N) is 2. The summed E-state index contributed by atoms with van der Waals surface area (Å²) in [5.74, 6) is -1.30. The Kier molecular flexibility index (Phi) is 4.56. The van der Waals surface area contributed by atoms with Crippen molar-refractivity contribution in [3.8, 4) is 5.69 Å². The number of hydrogen-bond acceptors (Lipinski definition) is 3. The van der Waals surface area contributed by atoms with Gasteiger partial charge in [-0.3, -0.25) is 9.59 Å². The van der Waals surface area contributed by atoms with Gasteiger partial charge in [0.2, 0.25) is 5.91 Å². The Bertz CT molecular complexity index is 905. The van der Waals surface area contributed by atoms with Gasteiger partial charge in [0, 0.05) is 36.3 Å². The summed E-state index contributed by atoms with van der Waals surface area (Å²) in [5.41, 5.74) is 1.73. The fraction of sp³-hybridized carbons (Fsp3) is 0.0556. The van der Waals surface area contributed by atoms with Crippen molar-refractivity contribution in [1.82, 2.24) is 9.55 Å². The SMILES string of the molecule is CC(=O)Nc1cc(NC(=O)c2ccc(-n3ccnc3)cc2)ccc1F. The lowest BCUT2D eigenvalue weighted by atomic mass is 10.2. The van der Waals surface area contributed by atoms with E-state index in [0.29, 0.717) is 11.3 Å². The van der Waals surface area contributed by atoms with Gasteiger partial charge < -0.3 is 15.2 Å². The Morgan fingerprint density at radius 1 is 1.08 bits per heavy atom. The van der Waals surface area contributed by atoms with E-state index < -0.39 is 11.7 Å². The summed E-state index contributed by atoms with van der Waals surface area (Å²) in [5, 5.41) is 5.05. The fourth-order valence-electron chi connectivity index (χ4n) is 2.29. The lowest BCUT2D eigenvalue weighted by molar-refractivity contribution is -0.114. The summed E-state index contributed by atoms with van der Waals surface area (Å²) in [6, 6.07) is 10.9. The third-order valence-electron chi connectivity index (χ3n) is 3.47. The molecule has 0 aliphatic rings. The first kappa shape index (κ1) is 16.4. The van der Waals surface area contributed by atoms with Crippen molar-refractivity contribution in [2.24, 2.45) is 0 Å². The van der Waals surface area contributed by atoms with E-state index in [1.807, 2.05) is 4.57 Å². The number of hydrogen-bond donors (Lipinski definition) is 2. The van der Waals surface area contributed by atoms with Crippen molar-refractivity contribution in [2.45, 2.75) is 6.92 Å². The van der Waals surface area contributed by atoms with Gasteiger partial charge in [-0.2, -0.15) is 0 Å². The molecule has 1 heterocycles. The van der Waals surface area contributed by atoms with E-state index in [2.05, 4.69) is 15.6 Å². The van der Waals surface area contributed by atoms with Crippen molar-refractivity contribution in [3.05, 3.63) is 72.6 Å². The summed E-state index contributed by atoms with van der Waals surface area (Å²) in [7, 11) is 0. The second kappa shape index (κ2) is 6.96. The van der Waals surface area contributed by atoms with Crippen LogP contribution in [0.3, 0.4) is 0 Å². The van der Waals surface area contributed by atoms with E-state index in [1.165, 1.54) is 25.1 Å². The third-order valence-corrected chi connectivity index (χ3v) is 3.47. The Morgan fingerprint density at radius 3 is 2.48 bits per heavy atom. The molecule has 2 amide bonds. The van der Waals surface area contributed by atoms with Crippen LogP contribution in [0.5, 0.6) is 0 Å². The molecule has 0 radical (unpaired) electrons. The number of imidazole rings is 1. The second-order valence-corrected chi connectivity index (χ2v) is 5.35. The zero-order valence-corrected chi connectivity index (χ0v) is 13.4. The molecule has 0 atom stereocenters. The van der Waals surface area contributed by atoms with Crippen molar-refractivity contribution in [1.29, 1.82) is 0 Å². The molecular weight excluding hydrogens is 323 g/mol. The molecule has 0 saturated carbocycles. The maximum Gasteiger partial charge on any atom is 0.255 e. The second-order valence-electron chi connectivity index (χ2n) is 5.35.